The van der Waals surface area contributed by atoms with E-state index in [0.29, 0.717) is 38.0 Å². The maximum Gasteiger partial charge on any atom is 0.401 e. The lowest BCUT2D eigenvalue weighted by atomic mass is 9.84. The van der Waals surface area contributed by atoms with Crippen molar-refractivity contribution in [2.45, 2.75) is 44.8 Å². The minimum absolute atomic E-state index is 0.0207. The molecule has 138 valence electrons. The van der Waals surface area contributed by atoms with Gasteiger partial charge in [-0.3, -0.25) is 9.69 Å². The average molecular weight is 347 g/mol. The lowest BCUT2D eigenvalue weighted by molar-refractivity contribution is -0.147. The van der Waals surface area contributed by atoms with Crippen molar-refractivity contribution in [1.82, 2.24) is 9.80 Å². The zero-order chi connectivity index (χ0) is 17.5. The zero-order valence-corrected chi connectivity index (χ0v) is 14.3. The summed E-state index contributed by atoms with van der Waals surface area (Å²) in [6.45, 7) is 2.90. The topological polar surface area (TPSA) is 49.6 Å². The van der Waals surface area contributed by atoms with E-state index in [-0.39, 0.29) is 23.8 Å². The molecule has 1 amide bonds. The summed E-state index contributed by atoms with van der Waals surface area (Å²) in [5.74, 6) is 1.14. The Morgan fingerprint density at radius 2 is 1.96 bits per heavy atom. The summed E-state index contributed by atoms with van der Waals surface area (Å²) in [5, 5.41) is 0. The second kappa shape index (κ2) is 6.83. The van der Waals surface area contributed by atoms with Crippen molar-refractivity contribution in [2.24, 2.45) is 29.4 Å². The first-order valence-electron chi connectivity index (χ1n) is 9.12. The van der Waals surface area contributed by atoms with Crippen molar-refractivity contribution in [2.75, 3.05) is 32.7 Å². The molecule has 7 heteroatoms. The molecule has 0 aromatic rings. The van der Waals surface area contributed by atoms with E-state index >= 15 is 0 Å². The van der Waals surface area contributed by atoms with Gasteiger partial charge in [-0.15, -0.1) is 0 Å². The summed E-state index contributed by atoms with van der Waals surface area (Å²) in [4.78, 5) is 16.1. The van der Waals surface area contributed by atoms with Gasteiger partial charge < -0.3 is 10.6 Å². The maximum atomic E-state index is 12.8. The van der Waals surface area contributed by atoms with Gasteiger partial charge in [0, 0.05) is 25.7 Å². The van der Waals surface area contributed by atoms with Crippen LogP contribution in [0.25, 0.3) is 0 Å². The molecule has 4 nitrogen and oxygen atoms in total. The summed E-state index contributed by atoms with van der Waals surface area (Å²) in [6.07, 6.45) is -0.0669. The summed E-state index contributed by atoms with van der Waals surface area (Å²) < 4.78 is 37.8. The molecule has 3 rings (SSSR count). The number of carbonyl (C=O) groups is 1. The molecule has 1 heterocycles. The molecule has 2 bridgehead atoms. The van der Waals surface area contributed by atoms with E-state index in [1.54, 1.807) is 6.92 Å². The molecule has 0 aromatic carbocycles. The number of fused-ring (bicyclic) bond motifs is 2. The smallest absolute Gasteiger partial charge is 0.342 e. The van der Waals surface area contributed by atoms with Crippen LogP contribution in [0.3, 0.4) is 0 Å². The number of rotatable bonds is 5. The Morgan fingerprint density at radius 1 is 1.25 bits per heavy atom. The van der Waals surface area contributed by atoms with Crippen molar-refractivity contribution >= 4 is 5.91 Å². The highest BCUT2D eigenvalue weighted by molar-refractivity contribution is 5.81. The Morgan fingerprint density at radius 3 is 2.54 bits per heavy atom. The monoisotopic (exact) mass is 347 g/mol. The third-order valence-corrected chi connectivity index (χ3v) is 6.23. The van der Waals surface area contributed by atoms with Crippen molar-refractivity contribution in [3.8, 4) is 0 Å². The van der Waals surface area contributed by atoms with E-state index < -0.39 is 12.7 Å². The van der Waals surface area contributed by atoms with Gasteiger partial charge in [-0.05, 0) is 50.0 Å². The van der Waals surface area contributed by atoms with Crippen molar-refractivity contribution in [3.05, 3.63) is 0 Å². The Hall–Kier alpha value is -0.820. The van der Waals surface area contributed by atoms with Gasteiger partial charge in [-0.25, -0.2) is 0 Å². The van der Waals surface area contributed by atoms with Crippen LogP contribution >= 0.6 is 0 Å². The largest absolute Gasteiger partial charge is 0.401 e. The van der Waals surface area contributed by atoms with Crippen molar-refractivity contribution < 1.29 is 18.0 Å². The van der Waals surface area contributed by atoms with Crippen molar-refractivity contribution in [3.63, 3.8) is 0 Å². The van der Waals surface area contributed by atoms with E-state index in [2.05, 4.69) is 0 Å². The van der Waals surface area contributed by atoms with Crippen molar-refractivity contribution in [1.29, 1.82) is 0 Å². The van der Waals surface area contributed by atoms with Crippen LogP contribution in [0.2, 0.25) is 0 Å². The number of hydrogen-bond donors (Lipinski definition) is 1. The lowest BCUT2D eigenvalue weighted by Crippen LogP contribution is -2.46. The van der Waals surface area contributed by atoms with E-state index in [1.807, 2.05) is 4.90 Å². The summed E-state index contributed by atoms with van der Waals surface area (Å²) >= 11 is 0. The van der Waals surface area contributed by atoms with E-state index in [0.717, 1.165) is 25.7 Å². The lowest BCUT2D eigenvalue weighted by Gasteiger charge is -2.31. The molecule has 5 atom stereocenters. The molecule has 3 aliphatic rings. The van der Waals surface area contributed by atoms with Gasteiger partial charge in [0.25, 0.3) is 0 Å². The molecule has 3 fully saturated rings. The van der Waals surface area contributed by atoms with Gasteiger partial charge in [-0.2, -0.15) is 13.2 Å². The summed E-state index contributed by atoms with van der Waals surface area (Å²) in [5.41, 5.74) is 6.26. The molecule has 1 aliphatic heterocycles. The summed E-state index contributed by atoms with van der Waals surface area (Å²) in [6, 6.07) is -0.0207. The molecule has 0 spiro atoms. The minimum Gasteiger partial charge on any atom is -0.342 e. The Kier molecular flexibility index (Phi) is 5.12. The first-order valence-corrected chi connectivity index (χ1v) is 9.12. The fourth-order valence-electron chi connectivity index (χ4n) is 5.02. The first-order chi connectivity index (χ1) is 11.3. The van der Waals surface area contributed by atoms with Gasteiger partial charge in [0.2, 0.25) is 5.91 Å². The number of alkyl halides is 3. The summed E-state index contributed by atoms with van der Waals surface area (Å²) in [7, 11) is 0. The van der Waals surface area contributed by atoms with Crippen LogP contribution in [-0.2, 0) is 4.79 Å². The molecule has 2 N–H and O–H groups in total. The molecule has 2 aliphatic carbocycles. The van der Waals surface area contributed by atoms with Crippen LogP contribution in [0.5, 0.6) is 0 Å². The molecule has 24 heavy (non-hydrogen) atoms. The fourth-order valence-corrected chi connectivity index (χ4v) is 5.02. The van der Waals surface area contributed by atoms with Crippen LogP contribution in [0.15, 0.2) is 0 Å². The van der Waals surface area contributed by atoms with Crippen LogP contribution in [0, 0.1) is 23.7 Å². The van der Waals surface area contributed by atoms with Gasteiger partial charge >= 0.3 is 6.18 Å². The van der Waals surface area contributed by atoms with Crippen LogP contribution in [-0.4, -0.2) is 60.6 Å². The Labute approximate surface area is 141 Å². The van der Waals surface area contributed by atoms with Crippen LogP contribution < -0.4 is 5.73 Å². The van der Waals surface area contributed by atoms with E-state index in [9.17, 15) is 18.0 Å². The number of nitrogens with zero attached hydrogens (tertiary/aromatic N) is 2. The fraction of sp³-hybridized carbons (Fsp3) is 0.941. The molecule has 2 saturated carbocycles. The number of nitrogens with two attached hydrogens (primary N) is 1. The van der Waals surface area contributed by atoms with Gasteiger partial charge in [0.05, 0.1) is 12.5 Å². The predicted octanol–water partition coefficient (Wildman–Crippen LogP) is 2.09. The molecule has 1 saturated heterocycles. The standard InChI is InChI=1S/C17H28F3N3O/c1-2-22(10-17(18,19)20)8-11-5-6-23(9-11)16(24)14-12-3-4-13(7-12)15(14)21/h11-15H,2-10,21H2,1H3. The third kappa shape index (κ3) is 3.72. The molecular formula is C17H28F3N3O. The highest BCUT2D eigenvalue weighted by atomic mass is 19.4. The number of carbonyl (C=O) groups excluding carboxylic acids is 1. The van der Waals surface area contributed by atoms with E-state index in [1.165, 1.54) is 4.90 Å². The second-order valence-corrected chi connectivity index (χ2v) is 7.82. The number of halogens is 3. The third-order valence-electron chi connectivity index (χ3n) is 6.23. The Bertz CT molecular complexity index is 468. The minimum atomic E-state index is -4.17. The average Bonchev–Trinajstić information content (AvgIpc) is 3.20. The molecule has 0 radical (unpaired) electrons. The first kappa shape index (κ1) is 18.0. The molecular weight excluding hydrogens is 319 g/mol. The molecule has 5 unspecified atom stereocenters. The SMILES string of the molecule is CCN(CC1CCN(C(=O)C2C3CCC(C3)C2N)C1)CC(F)(F)F. The second-order valence-electron chi connectivity index (χ2n) is 7.82. The van der Waals surface area contributed by atoms with E-state index in [4.69, 9.17) is 5.73 Å². The van der Waals surface area contributed by atoms with Crippen LogP contribution in [0.4, 0.5) is 13.2 Å². The number of amides is 1. The highest BCUT2D eigenvalue weighted by Crippen LogP contribution is 2.48. The predicted molar refractivity (Wildman–Crippen MR) is 85.2 cm³/mol. The zero-order valence-electron chi connectivity index (χ0n) is 14.3. The van der Waals surface area contributed by atoms with Gasteiger partial charge in [0.1, 0.15) is 0 Å². The number of hydrogen-bond acceptors (Lipinski definition) is 3. The number of likely N-dealkylation sites (tertiary alicyclic amines) is 1. The van der Waals surface area contributed by atoms with Gasteiger partial charge in [-0.1, -0.05) is 6.92 Å². The Balaban J connectivity index is 1.52. The molecule has 0 aromatic heterocycles. The van der Waals surface area contributed by atoms with Crippen LogP contribution in [0.1, 0.15) is 32.6 Å². The quantitative estimate of drug-likeness (QED) is 0.829. The highest BCUT2D eigenvalue weighted by Gasteiger charge is 2.50. The van der Waals surface area contributed by atoms with Gasteiger partial charge in [0.15, 0.2) is 0 Å². The normalized spacial score (nSPS) is 36.1. The maximum absolute atomic E-state index is 12.8.